The highest BCUT2D eigenvalue weighted by Crippen LogP contribution is 2.59. The van der Waals surface area contributed by atoms with Crippen molar-refractivity contribution in [2.45, 2.75) is 64.3 Å². The number of fused-ring (bicyclic) bond motifs is 1. The molecule has 1 spiro atoms. The van der Waals surface area contributed by atoms with Gasteiger partial charge in [-0.25, -0.2) is 15.0 Å². The van der Waals surface area contributed by atoms with Crippen LogP contribution in [0.1, 0.15) is 56.1 Å². The molecule has 2 aromatic carbocycles. The van der Waals surface area contributed by atoms with Gasteiger partial charge in [-0.3, -0.25) is 4.79 Å². The number of ether oxygens (including phenoxy) is 1. The molecule has 1 atom stereocenters. The molecule has 3 fully saturated rings. The molecule has 3 heterocycles. The molecule has 0 radical (unpaired) electrons. The SMILES string of the molecule is Cc1ccc2c(CC(=O)C3CC4(CCC4)C3)cccc2c1Oc1ncccc1-c1ccnc(N[C@H]2CCCNC2)n1. The highest BCUT2D eigenvalue weighted by atomic mass is 16.5. The minimum atomic E-state index is 0.226. The van der Waals surface area contributed by atoms with E-state index in [4.69, 9.17) is 9.72 Å². The molecule has 2 N–H and O–H groups in total. The number of carbonyl (C=O) groups is 1. The van der Waals surface area contributed by atoms with Crippen molar-refractivity contribution in [2.75, 3.05) is 18.4 Å². The van der Waals surface area contributed by atoms with E-state index in [2.05, 4.69) is 44.9 Å². The van der Waals surface area contributed by atoms with Crippen molar-refractivity contribution in [1.29, 1.82) is 0 Å². The maximum Gasteiger partial charge on any atom is 0.228 e. The van der Waals surface area contributed by atoms with Crippen molar-refractivity contribution < 1.29 is 9.53 Å². The van der Waals surface area contributed by atoms with Gasteiger partial charge in [-0.2, -0.15) is 0 Å². The average molecular weight is 548 g/mol. The van der Waals surface area contributed by atoms with Crippen molar-refractivity contribution >= 4 is 22.5 Å². The van der Waals surface area contributed by atoms with Crippen molar-refractivity contribution in [3.63, 3.8) is 0 Å². The third-order valence-corrected chi connectivity index (χ3v) is 9.42. The highest BCUT2D eigenvalue weighted by molar-refractivity contribution is 5.96. The van der Waals surface area contributed by atoms with Crippen LogP contribution < -0.4 is 15.4 Å². The lowest BCUT2D eigenvalue weighted by Crippen LogP contribution is -2.46. The van der Waals surface area contributed by atoms with E-state index >= 15 is 0 Å². The average Bonchev–Trinajstić information content (AvgIpc) is 2.94. The normalized spacial score (nSPS) is 19.9. The van der Waals surface area contributed by atoms with Crippen LogP contribution in [0.4, 0.5) is 5.95 Å². The fourth-order valence-electron chi connectivity index (χ4n) is 6.92. The number of Topliss-reactive ketones (excluding diaryl/α,β-unsaturated/α-hetero) is 1. The molecule has 1 saturated heterocycles. The molecule has 7 nitrogen and oxygen atoms in total. The molecule has 41 heavy (non-hydrogen) atoms. The molecule has 210 valence electrons. The Bertz CT molecular complexity index is 1580. The first-order chi connectivity index (χ1) is 20.1. The molecule has 7 rings (SSSR count). The summed E-state index contributed by atoms with van der Waals surface area (Å²) in [5.74, 6) is 2.46. The van der Waals surface area contributed by atoms with Crippen molar-refractivity contribution in [3.05, 3.63) is 72.1 Å². The Labute approximate surface area is 241 Å². The lowest BCUT2D eigenvalue weighted by molar-refractivity contribution is -0.133. The number of nitrogens with zero attached hydrogens (tertiary/aromatic N) is 3. The third-order valence-electron chi connectivity index (χ3n) is 9.42. The fourth-order valence-corrected chi connectivity index (χ4v) is 6.92. The highest BCUT2D eigenvalue weighted by Gasteiger charge is 2.50. The van der Waals surface area contributed by atoms with E-state index in [1.807, 2.05) is 31.2 Å². The minimum Gasteiger partial charge on any atom is -0.437 e. The molecular weight excluding hydrogens is 510 g/mol. The molecule has 7 heteroatoms. The zero-order chi connectivity index (χ0) is 27.8. The van der Waals surface area contributed by atoms with Gasteiger partial charge in [-0.15, -0.1) is 0 Å². The van der Waals surface area contributed by atoms with Gasteiger partial charge in [0.2, 0.25) is 11.8 Å². The Balaban J connectivity index is 1.15. The predicted octanol–water partition coefficient (Wildman–Crippen LogP) is 6.65. The molecule has 2 saturated carbocycles. The van der Waals surface area contributed by atoms with E-state index in [-0.39, 0.29) is 5.92 Å². The Morgan fingerprint density at radius 3 is 2.73 bits per heavy atom. The first-order valence-electron chi connectivity index (χ1n) is 15.0. The van der Waals surface area contributed by atoms with Crippen molar-refractivity contribution in [3.8, 4) is 22.9 Å². The predicted molar refractivity (Wildman–Crippen MR) is 161 cm³/mol. The summed E-state index contributed by atoms with van der Waals surface area (Å²) in [5.41, 5.74) is 4.14. The maximum absolute atomic E-state index is 13.2. The van der Waals surface area contributed by atoms with Gasteiger partial charge in [0.15, 0.2) is 0 Å². The van der Waals surface area contributed by atoms with Gasteiger partial charge in [0.05, 0.1) is 11.3 Å². The molecule has 3 aliphatic rings. The van der Waals surface area contributed by atoms with Gasteiger partial charge in [0, 0.05) is 42.7 Å². The summed E-state index contributed by atoms with van der Waals surface area (Å²) in [6, 6.07) is 16.5. The molecule has 2 aliphatic carbocycles. The van der Waals surface area contributed by atoms with E-state index in [0.29, 0.717) is 35.5 Å². The van der Waals surface area contributed by atoms with Gasteiger partial charge in [0.25, 0.3) is 0 Å². The van der Waals surface area contributed by atoms with E-state index < -0.39 is 0 Å². The number of rotatable bonds is 8. The molecule has 1 aliphatic heterocycles. The van der Waals surface area contributed by atoms with E-state index in [9.17, 15) is 4.79 Å². The zero-order valence-electron chi connectivity index (χ0n) is 23.7. The van der Waals surface area contributed by atoms with Gasteiger partial charge >= 0.3 is 0 Å². The molecule has 0 unspecified atom stereocenters. The minimum absolute atomic E-state index is 0.226. The van der Waals surface area contributed by atoms with E-state index in [1.165, 1.54) is 19.3 Å². The van der Waals surface area contributed by atoms with E-state index in [1.54, 1.807) is 12.4 Å². The van der Waals surface area contributed by atoms with Crippen LogP contribution in [-0.2, 0) is 11.2 Å². The number of nitrogens with one attached hydrogen (secondary N) is 2. The summed E-state index contributed by atoms with van der Waals surface area (Å²) in [6.45, 7) is 4.01. The lowest BCUT2D eigenvalue weighted by Gasteiger charge is -2.53. The van der Waals surface area contributed by atoms with Crippen LogP contribution in [0.2, 0.25) is 0 Å². The second kappa shape index (κ2) is 10.9. The number of benzene rings is 2. The number of piperidine rings is 1. The molecule has 0 bridgehead atoms. The monoisotopic (exact) mass is 547 g/mol. The molecule has 4 aromatic rings. The standard InChI is InChI=1S/C34H37N5O2/c1-22-10-11-26-23(18-30(40)24-19-34(20-24)13-5-14-34)6-2-8-27(26)31(22)41-32-28(9-4-16-36-32)29-12-17-37-33(39-29)38-25-7-3-15-35-21-25/h2,4,6,8-12,16-17,24-25,35H,3,5,7,13-15,18-21H2,1H3,(H,37,38,39)/t25-/m0/s1. The number of aromatic nitrogens is 3. The topological polar surface area (TPSA) is 89.0 Å². The smallest absolute Gasteiger partial charge is 0.228 e. The summed E-state index contributed by atoms with van der Waals surface area (Å²) in [6.07, 6.45) is 12.4. The number of aryl methyl sites for hydroxylation is 1. The van der Waals surface area contributed by atoms with Gasteiger partial charge < -0.3 is 15.4 Å². The van der Waals surface area contributed by atoms with Crippen molar-refractivity contribution in [2.24, 2.45) is 11.3 Å². The summed E-state index contributed by atoms with van der Waals surface area (Å²) < 4.78 is 6.60. The number of pyridine rings is 1. The summed E-state index contributed by atoms with van der Waals surface area (Å²) in [5, 5.41) is 8.95. The Morgan fingerprint density at radius 1 is 1.02 bits per heavy atom. The fraction of sp³-hybridized carbons (Fsp3) is 0.412. The lowest BCUT2D eigenvalue weighted by atomic mass is 9.51. The van der Waals surface area contributed by atoms with Gasteiger partial charge in [0.1, 0.15) is 11.5 Å². The molecular formula is C34H37N5O2. The second-order valence-corrected chi connectivity index (χ2v) is 12.2. The van der Waals surface area contributed by atoms with Crippen LogP contribution in [0.5, 0.6) is 11.6 Å². The van der Waals surface area contributed by atoms with Crippen LogP contribution in [0.25, 0.3) is 22.0 Å². The number of anilines is 1. The first-order valence-corrected chi connectivity index (χ1v) is 15.0. The van der Waals surface area contributed by atoms with Crippen LogP contribution in [0.3, 0.4) is 0 Å². The molecule has 2 aromatic heterocycles. The molecule has 0 amide bonds. The summed E-state index contributed by atoms with van der Waals surface area (Å²) in [4.78, 5) is 27.1. The Hall–Kier alpha value is -3.84. The van der Waals surface area contributed by atoms with Crippen LogP contribution in [-0.4, -0.2) is 39.9 Å². The largest absolute Gasteiger partial charge is 0.437 e. The van der Waals surface area contributed by atoms with Gasteiger partial charge in [-0.05, 0) is 92.1 Å². The summed E-state index contributed by atoms with van der Waals surface area (Å²) >= 11 is 0. The Morgan fingerprint density at radius 2 is 1.93 bits per heavy atom. The third kappa shape index (κ3) is 5.19. The number of hydrogen-bond acceptors (Lipinski definition) is 7. The quantitative estimate of drug-likeness (QED) is 0.255. The maximum atomic E-state index is 13.2. The number of hydrogen-bond donors (Lipinski definition) is 2. The van der Waals surface area contributed by atoms with Crippen molar-refractivity contribution in [1.82, 2.24) is 20.3 Å². The van der Waals surface area contributed by atoms with Crippen LogP contribution in [0.15, 0.2) is 60.9 Å². The zero-order valence-corrected chi connectivity index (χ0v) is 23.7. The van der Waals surface area contributed by atoms with Crippen LogP contribution >= 0.6 is 0 Å². The van der Waals surface area contributed by atoms with Crippen LogP contribution in [0, 0.1) is 18.3 Å². The Kier molecular flexibility index (Phi) is 6.91. The van der Waals surface area contributed by atoms with E-state index in [0.717, 1.165) is 77.7 Å². The second-order valence-electron chi connectivity index (χ2n) is 12.2. The number of ketones is 1. The van der Waals surface area contributed by atoms with Gasteiger partial charge in [-0.1, -0.05) is 36.8 Å². The number of carbonyl (C=O) groups excluding carboxylic acids is 1. The first kappa shape index (κ1) is 26.1. The summed E-state index contributed by atoms with van der Waals surface area (Å²) in [7, 11) is 0.